The SMILES string of the molecule is CC(C)CCSc1ccc(C(=O)NCC2CCCNC2)cc1[N+](=O)[O-]. The van der Waals surface area contributed by atoms with Crippen molar-refractivity contribution in [2.75, 3.05) is 25.4 Å². The van der Waals surface area contributed by atoms with E-state index >= 15 is 0 Å². The highest BCUT2D eigenvalue weighted by Gasteiger charge is 2.19. The number of carbonyl (C=O) groups excluding carboxylic acids is 1. The Kier molecular flexibility index (Phi) is 7.71. The third kappa shape index (κ3) is 6.32. The molecule has 0 spiro atoms. The number of hydrogen-bond acceptors (Lipinski definition) is 5. The van der Waals surface area contributed by atoms with Crippen LogP contribution in [0.25, 0.3) is 0 Å². The van der Waals surface area contributed by atoms with Gasteiger partial charge < -0.3 is 10.6 Å². The molecule has 1 aromatic carbocycles. The van der Waals surface area contributed by atoms with Crippen LogP contribution < -0.4 is 10.6 Å². The first-order valence-electron chi connectivity index (χ1n) is 8.87. The van der Waals surface area contributed by atoms with Gasteiger partial charge in [-0.3, -0.25) is 14.9 Å². The summed E-state index contributed by atoms with van der Waals surface area (Å²) in [4.78, 5) is 23.9. The molecule has 0 aromatic heterocycles. The van der Waals surface area contributed by atoms with Gasteiger partial charge in [0.25, 0.3) is 11.6 Å². The Morgan fingerprint density at radius 2 is 2.28 bits per heavy atom. The summed E-state index contributed by atoms with van der Waals surface area (Å²) >= 11 is 1.48. The number of piperidine rings is 1. The molecule has 2 N–H and O–H groups in total. The molecule has 25 heavy (non-hydrogen) atoms. The van der Waals surface area contributed by atoms with Gasteiger partial charge in [0.15, 0.2) is 0 Å². The van der Waals surface area contributed by atoms with Gasteiger partial charge in [-0.05, 0) is 62.1 Å². The lowest BCUT2D eigenvalue weighted by Gasteiger charge is -2.22. The minimum absolute atomic E-state index is 0.0146. The van der Waals surface area contributed by atoms with Crippen molar-refractivity contribution < 1.29 is 9.72 Å². The van der Waals surface area contributed by atoms with Crippen LogP contribution in [0.4, 0.5) is 5.69 Å². The van der Waals surface area contributed by atoms with Crippen molar-refractivity contribution in [2.45, 2.75) is 38.0 Å². The molecule has 1 unspecified atom stereocenters. The lowest BCUT2D eigenvalue weighted by molar-refractivity contribution is -0.387. The highest BCUT2D eigenvalue weighted by atomic mass is 32.2. The van der Waals surface area contributed by atoms with E-state index in [1.807, 2.05) is 0 Å². The van der Waals surface area contributed by atoms with E-state index in [0.717, 1.165) is 38.1 Å². The Bertz CT molecular complexity index is 601. The largest absolute Gasteiger partial charge is 0.352 e. The molecule has 138 valence electrons. The monoisotopic (exact) mass is 365 g/mol. The van der Waals surface area contributed by atoms with E-state index in [0.29, 0.717) is 28.8 Å². The van der Waals surface area contributed by atoms with Gasteiger partial charge in [-0.1, -0.05) is 13.8 Å². The van der Waals surface area contributed by atoms with Crippen LogP contribution in [0, 0.1) is 22.0 Å². The summed E-state index contributed by atoms with van der Waals surface area (Å²) in [5.41, 5.74) is 0.365. The minimum Gasteiger partial charge on any atom is -0.352 e. The zero-order valence-electron chi connectivity index (χ0n) is 14.9. The van der Waals surface area contributed by atoms with Gasteiger partial charge in [-0.25, -0.2) is 0 Å². The van der Waals surface area contributed by atoms with Gasteiger partial charge in [0.2, 0.25) is 0 Å². The van der Waals surface area contributed by atoms with Crippen LogP contribution in [0.5, 0.6) is 0 Å². The van der Waals surface area contributed by atoms with E-state index in [4.69, 9.17) is 0 Å². The number of carbonyl (C=O) groups is 1. The number of nitro groups is 1. The molecule has 1 saturated heterocycles. The number of amides is 1. The predicted octanol–water partition coefficient (Wildman–Crippen LogP) is 3.46. The Hall–Kier alpha value is -1.60. The molecule has 0 radical (unpaired) electrons. The summed E-state index contributed by atoms with van der Waals surface area (Å²) in [6.45, 7) is 6.80. The Morgan fingerprint density at radius 1 is 1.48 bits per heavy atom. The Labute approximate surface area is 153 Å². The number of nitrogens with zero attached hydrogens (tertiary/aromatic N) is 1. The van der Waals surface area contributed by atoms with Gasteiger partial charge in [0.05, 0.1) is 9.82 Å². The summed E-state index contributed by atoms with van der Waals surface area (Å²) in [7, 11) is 0. The fourth-order valence-corrected chi connectivity index (χ4v) is 4.02. The standard InChI is InChI=1S/C18H27N3O3S/c1-13(2)7-9-25-17-6-5-15(10-16(17)21(23)24)18(22)20-12-14-4-3-8-19-11-14/h5-6,10,13-14,19H,3-4,7-9,11-12H2,1-2H3,(H,20,22). The number of benzene rings is 1. The van der Waals surface area contributed by atoms with Crippen molar-refractivity contribution in [1.29, 1.82) is 0 Å². The summed E-state index contributed by atoms with van der Waals surface area (Å²) in [5, 5.41) is 17.6. The molecule has 0 aliphatic carbocycles. The van der Waals surface area contributed by atoms with Crippen LogP contribution in [0.1, 0.15) is 43.5 Å². The first kappa shape index (κ1) is 19.7. The fourth-order valence-electron chi connectivity index (χ4n) is 2.77. The zero-order chi connectivity index (χ0) is 18.2. The molecule has 1 aliphatic heterocycles. The van der Waals surface area contributed by atoms with Crippen molar-refractivity contribution in [3.8, 4) is 0 Å². The van der Waals surface area contributed by atoms with Crippen LogP contribution in [0.2, 0.25) is 0 Å². The average Bonchev–Trinajstić information content (AvgIpc) is 2.60. The van der Waals surface area contributed by atoms with Gasteiger partial charge in [0.1, 0.15) is 0 Å². The average molecular weight is 365 g/mol. The quantitative estimate of drug-likeness (QED) is 0.419. The summed E-state index contributed by atoms with van der Waals surface area (Å²) < 4.78 is 0. The van der Waals surface area contributed by atoms with Gasteiger partial charge >= 0.3 is 0 Å². The third-order valence-electron chi connectivity index (χ3n) is 4.32. The second-order valence-corrected chi connectivity index (χ2v) is 8.03. The lowest BCUT2D eigenvalue weighted by Crippen LogP contribution is -2.38. The smallest absolute Gasteiger partial charge is 0.283 e. The van der Waals surface area contributed by atoms with Crippen LogP contribution in [0.15, 0.2) is 23.1 Å². The molecular weight excluding hydrogens is 338 g/mol. The van der Waals surface area contributed by atoms with Crippen molar-refractivity contribution in [3.63, 3.8) is 0 Å². The van der Waals surface area contributed by atoms with Crippen molar-refractivity contribution in [3.05, 3.63) is 33.9 Å². The highest BCUT2D eigenvalue weighted by molar-refractivity contribution is 7.99. The maximum Gasteiger partial charge on any atom is 0.283 e. The maximum atomic E-state index is 12.3. The normalized spacial score (nSPS) is 17.5. The number of hydrogen-bond donors (Lipinski definition) is 2. The third-order valence-corrected chi connectivity index (χ3v) is 5.42. The van der Waals surface area contributed by atoms with Crippen molar-refractivity contribution in [1.82, 2.24) is 10.6 Å². The van der Waals surface area contributed by atoms with Gasteiger partial charge in [-0.2, -0.15) is 0 Å². The van der Waals surface area contributed by atoms with E-state index in [9.17, 15) is 14.9 Å². The molecule has 1 aromatic rings. The second-order valence-electron chi connectivity index (χ2n) is 6.89. The molecule has 0 saturated carbocycles. The lowest BCUT2D eigenvalue weighted by atomic mass is 9.99. The molecule has 1 amide bonds. The zero-order valence-corrected chi connectivity index (χ0v) is 15.7. The van der Waals surface area contributed by atoms with E-state index in [-0.39, 0.29) is 11.6 Å². The van der Waals surface area contributed by atoms with E-state index in [1.165, 1.54) is 17.8 Å². The minimum atomic E-state index is -0.403. The molecule has 6 nitrogen and oxygen atoms in total. The second kappa shape index (κ2) is 9.77. The molecule has 1 aliphatic rings. The first-order chi connectivity index (χ1) is 12.0. The first-order valence-corrected chi connectivity index (χ1v) is 9.86. The molecule has 0 bridgehead atoms. The van der Waals surface area contributed by atoms with Crippen LogP contribution in [-0.2, 0) is 0 Å². The highest BCUT2D eigenvalue weighted by Crippen LogP contribution is 2.31. The summed E-state index contributed by atoms with van der Waals surface area (Å²) in [6.07, 6.45) is 3.21. The van der Waals surface area contributed by atoms with E-state index in [1.54, 1.807) is 12.1 Å². The summed E-state index contributed by atoms with van der Waals surface area (Å²) in [5.74, 6) is 1.58. The fraction of sp³-hybridized carbons (Fsp3) is 0.611. The van der Waals surface area contributed by atoms with Crippen LogP contribution >= 0.6 is 11.8 Å². The van der Waals surface area contributed by atoms with Crippen LogP contribution in [-0.4, -0.2) is 36.2 Å². The molecular formula is C18H27N3O3S. The predicted molar refractivity (Wildman–Crippen MR) is 101 cm³/mol. The summed E-state index contributed by atoms with van der Waals surface area (Å²) in [6, 6.07) is 4.77. The van der Waals surface area contributed by atoms with Crippen molar-refractivity contribution in [2.24, 2.45) is 11.8 Å². The molecule has 1 heterocycles. The molecule has 1 atom stereocenters. The molecule has 7 heteroatoms. The maximum absolute atomic E-state index is 12.3. The Morgan fingerprint density at radius 3 is 2.92 bits per heavy atom. The topological polar surface area (TPSA) is 84.3 Å². The van der Waals surface area contributed by atoms with Gasteiger partial charge in [-0.15, -0.1) is 11.8 Å². The number of rotatable bonds is 8. The van der Waals surface area contributed by atoms with Gasteiger partial charge in [0, 0.05) is 18.2 Å². The van der Waals surface area contributed by atoms with Crippen molar-refractivity contribution >= 4 is 23.4 Å². The Balaban J connectivity index is 1.98. The number of nitro benzene ring substituents is 1. The molecule has 2 rings (SSSR count). The number of nitrogens with one attached hydrogen (secondary N) is 2. The van der Waals surface area contributed by atoms with E-state index < -0.39 is 4.92 Å². The van der Waals surface area contributed by atoms with Crippen LogP contribution in [0.3, 0.4) is 0 Å². The number of thioether (sulfide) groups is 1. The molecule has 1 fully saturated rings. The van der Waals surface area contributed by atoms with E-state index in [2.05, 4.69) is 24.5 Å².